The fourth-order valence-corrected chi connectivity index (χ4v) is 3.37. The van der Waals surface area contributed by atoms with Gasteiger partial charge in [-0.05, 0) is 36.8 Å². The fourth-order valence-electron chi connectivity index (χ4n) is 3.37. The number of amides is 1. The third-order valence-corrected chi connectivity index (χ3v) is 4.98. The maximum Gasteiger partial charge on any atom is 0.251 e. The van der Waals surface area contributed by atoms with Gasteiger partial charge >= 0.3 is 0 Å². The normalized spacial score (nSPS) is 15.1. The van der Waals surface area contributed by atoms with Crippen LogP contribution in [0, 0.1) is 0 Å². The molecule has 0 saturated carbocycles. The van der Waals surface area contributed by atoms with E-state index in [9.17, 15) is 4.79 Å². The average molecular weight is 395 g/mol. The smallest absolute Gasteiger partial charge is 0.251 e. The highest BCUT2D eigenvalue weighted by atomic mass is 16.5. The van der Waals surface area contributed by atoms with Gasteiger partial charge in [-0.1, -0.05) is 30.3 Å². The number of nitrogens with one attached hydrogen (secondary N) is 2. The number of nitrogens with zero attached hydrogens (tertiary/aromatic N) is 2. The Balaban J connectivity index is 1.56. The second-order valence-electron chi connectivity index (χ2n) is 7.06. The standard InChI is InChI=1S/C23H30N4O2/c1-3-25-23(26-17-18-9-11-19(12-10-18)22(28)24-2)27-15-13-21(14-16-27)29-20-7-5-4-6-8-20/h4-12,21H,3,13-17H2,1-2H3,(H,24,28)(H,25,26). The molecule has 0 spiro atoms. The highest BCUT2D eigenvalue weighted by molar-refractivity contribution is 5.93. The second-order valence-corrected chi connectivity index (χ2v) is 7.06. The molecule has 1 aliphatic rings. The first-order chi connectivity index (χ1) is 14.2. The summed E-state index contributed by atoms with van der Waals surface area (Å²) in [4.78, 5) is 18.8. The van der Waals surface area contributed by atoms with Crippen LogP contribution in [-0.4, -0.2) is 49.6 Å². The Hall–Kier alpha value is -3.02. The summed E-state index contributed by atoms with van der Waals surface area (Å²) in [5.74, 6) is 1.79. The number of likely N-dealkylation sites (tertiary alicyclic amines) is 1. The predicted molar refractivity (Wildman–Crippen MR) is 116 cm³/mol. The fraction of sp³-hybridized carbons (Fsp3) is 0.391. The van der Waals surface area contributed by atoms with Gasteiger partial charge < -0.3 is 20.3 Å². The second kappa shape index (κ2) is 10.5. The lowest BCUT2D eigenvalue weighted by molar-refractivity contribution is 0.0963. The summed E-state index contributed by atoms with van der Waals surface area (Å²) in [6.07, 6.45) is 2.19. The van der Waals surface area contributed by atoms with Crippen molar-refractivity contribution in [1.29, 1.82) is 0 Å². The van der Waals surface area contributed by atoms with Gasteiger partial charge in [0.15, 0.2) is 5.96 Å². The van der Waals surface area contributed by atoms with Crippen molar-refractivity contribution in [1.82, 2.24) is 15.5 Å². The van der Waals surface area contributed by atoms with Gasteiger partial charge in [-0.2, -0.15) is 0 Å². The SMILES string of the molecule is CCNC(=NCc1ccc(C(=O)NC)cc1)N1CCC(Oc2ccccc2)CC1. The molecule has 0 aromatic heterocycles. The van der Waals surface area contributed by atoms with Crippen molar-refractivity contribution in [2.45, 2.75) is 32.4 Å². The van der Waals surface area contributed by atoms with Crippen molar-refractivity contribution >= 4 is 11.9 Å². The van der Waals surface area contributed by atoms with Gasteiger partial charge in [0.25, 0.3) is 5.91 Å². The Bertz CT molecular complexity index is 797. The van der Waals surface area contributed by atoms with E-state index in [2.05, 4.69) is 22.5 Å². The van der Waals surface area contributed by atoms with E-state index in [0.717, 1.165) is 49.7 Å². The topological polar surface area (TPSA) is 66.0 Å². The molecule has 29 heavy (non-hydrogen) atoms. The Labute approximate surface area is 173 Å². The Morgan fingerprint density at radius 3 is 2.41 bits per heavy atom. The maximum absolute atomic E-state index is 11.7. The third kappa shape index (κ3) is 5.98. The van der Waals surface area contributed by atoms with Crippen molar-refractivity contribution in [3.63, 3.8) is 0 Å². The number of hydrogen-bond donors (Lipinski definition) is 2. The van der Waals surface area contributed by atoms with Crippen LogP contribution in [0.15, 0.2) is 59.6 Å². The van der Waals surface area contributed by atoms with Crippen molar-refractivity contribution in [2.24, 2.45) is 4.99 Å². The van der Waals surface area contributed by atoms with E-state index in [-0.39, 0.29) is 12.0 Å². The van der Waals surface area contributed by atoms with E-state index in [1.54, 1.807) is 7.05 Å². The summed E-state index contributed by atoms with van der Waals surface area (Å²) in [5, 5.41) is 6.03. The average Bonchev–Trinajstić information content (AvgIpc) is 2.78. The largest absolute Gasteiger partial charge is 0.490 e. The summed E-state index contributed by atoms with van der Waals surface area (Å²) in [6.45, 7) is 5.32. The molecule has 0 bridgehead atoms. The molecular weight excluding hydrogens is 364 g/mol. The monoisotopic (exact) mass is 394 g/mol. The number of ether oxygens (including phenoxy) is 1. The number of carbonyl (C=O) groups excluding carboxylic acids is 1. The maximum atomic E-state index is 11.7. The van der Waals surface area contributed by atoms with E-state index in [0.29, 0.717) is 12.1 Å². The van der Waals surface area contributed by atoms with E-state index in [1.807, 2.05) is 54.6 Å². The summed E-state index contributed by atoms with van der Waals surface area (Å²) in [7, 11) is 1.64. The molecule has 1 amide bonds. The number of benzene rings is 2. The molecule has 1 fully saturated rings. The summed E-state index contributed by atoms with van der Waals surface area (Å²) in [5.41, 5.74) is 1.74. The van der Waals surface area contributed by atoms with Gasteiger partial charge in [0.1, 0.15) is 11.9 Å². The molecular formula is C23H30N4O2. The molecule has 154 valence electrons. The van der Waals surface area contributed by atoms with E-state index < -0.39 is 0 Å². The lowest BCUT2D eigenvalue weighted by Crippen LogP contribution is -2.47. The van der Waals surface area contributed by atoms with E-state index >= 15 is 0 Å². The van der Waals surface area contributed by atoms with Crippen LogP contribution in [0.4, 0.5) is 0 Å². The van der Waals surface area contributed by atoms with Crippen LogP contribution in [0.3, 0.4) is 0 Å². The molecule has 2 N–H and O–H groups in total. The first kappa shape index (κ1) is 20.7. The first-order valence-corrected chi connectivity index (χ1v) is 10.3. The zero-order valence-electron chi connectivity index (χ0n) is 17.2. The molecule has 6 nitrogen and oxygen atoms in total. The molecule has 2 aromatic carbocycles. The van der Waals surface area contributed by atoms with Gasteiger partial charge in [0.2, 0.25) is 0 Å². The van der Waals surface area contributed by atoms with Crippen LogP contribution in [-0.2, 0) is 6.54 Å². The number of carbonyl (C=O) groups is 1. The van der Waals surface area contributed by atoms with Crippen LogP contribution < -0.4 is 15.4 Å². The van der Waals surface area contributed by atoms with Gasteiger partial charge in [0.05, 0.1) is 6.54 Å². The van der Waals surface area contributed by atoms with Gasteiger partial charge in [-0.25, -0.2) is 4.99 Å². The number of para-hydroxylation sites is 1. The molecule has 0 atom stereocenters. The molecule has 0 radical (unpaired) electrons. The molecule has 1 saturated heterocycles. The van der Waals surface area contributed by atoms with Crippen molar-refractivity contribution < 1.29 is 9.53 Å². The molecule has 0 unspecified atom stereocenters. The lowest BCUT2D eigenvalue weighted by Gasteiger charge is -2.34. The molecule has 2 aromatic rings. The van der Waals surface area contributed by atoms with Crippen LogP contribution in [0.5, 0.6) is 5.75 Å². The first-order valence-electron chi connectivity index (χ1n) is 10.3. The number of rotatable bonds is 6. The molecule has 6 heteroatoms. The highest BCUT2D eigenvalue weighted by Crippen LogP contribution is 2.19. The minimum atomic E-state index is -0.0750. The van der Waals surface area contributed by atoms with E-state index in [4.69, 9.17) is 9.73 Å². The molecule has 0 aliphatic carbocycles. The van der Waals surface area contributed by atoms with Crippen LogP contribution in [0.2, 0.25) is 0 Å². The predicted octanol–water partition coefficient (Wildman–Crippen LogP) is 3.06. The number of piperidine rings is 1. The van der Waals surface area contributed by atoms with Gasteiger partial charge in [0, 0.05) is 45.1 Å². The van der Waals surface area contributed by atoms with Crippen molar-refractivity contribution in [3.05, 3.63) is 65.7 Å². The zero-order chi connectivity index (χ0) is 20.5. The van der Waals surface area contributed by atoms with Crippen LogP contribution in [0.25, 0.3) is 0 Å². The van der Waals surface area contributed by atoms with Crippen molar-refractivity contribution in [3.8, 4) is 5.75 Å². The molecule has 3 rings (SSSR count). The van der Waals surface area contributed by atoms with Crippen molar-refractivity contribution in [2.75, 3.05) is 26.7 Å². The number of guanidine groups is 1. The highest BCUT2D eigenvalue weighted by Gasteiger charge is 2.22. The minimum absolute atomic E-state index is 0.0750. The van der Waals surface area contributed by atoms with Gasteiger partial charge in [-0.15, -0.1) is 0 Å². The lowest BCUT2D eigenvalue weighted by atomic mass is 10.1. The summed E-state index contributed by atoms with van der Waals surface area (Å²) in [6, 6.07) is 17.6. The summed E-state index contributed by atoms with van der Waals surface area (Å²) < 4.78 is 6.09. The number of aliphatic imine (C=N–C) groups is 1. The quantitative estimate of drug-likeness (QED) is 0.584. The third-order valence-electron chi connectivity index (χ3n) is 4.98. The van der Waals surface area contributed by atoms with Crippen LogP contribution >= 0.6 is 0 Å². The Kier molecular flexibility index (Phi) is 7.50. The summed E-state index contributed by atoms with van der Waals surface area (Å²) >= 11 is 0. The van der Waals surface area contributed by atoms with Gasteiger partial charge in [-0.3, -0.25) is 4.79 Å². The zero-order valence-corrected chi connectivity index (χ0v) is 17.2. The van der Waals surface area contributed by atoms with Crippen LogP contribution in [0.1, 0.15) is 35.7 Å². The number of hydrogen-bond acceptors (Lipinski definition) is 3. The molecule has 1 aliphatic heterocycles. The van der Waals surface area contributed by atoms with E-state index in [1.165, 1.54) is 0 Å². The minimum Gasteiger partial charge on any atom is -0.490 e. The Morgan fingerprint density at radius 2 is 1.79 bits per heavy atom. The Morgan fingerprint density at radius 1 is 1.10 bits per heavy atom. The molecule has 1 heterocycles.